The molecule has 0 N–H and O–H groups in total. The third-order valence-electron chi connectivity index (χ3n) is 5.97. The number of amides is 1. The second kappa shape index (κ2) is 8.23. The number of carbonyl (C=O) groups excluding carboxylic acids is 1. The van der Waals surface area contributed by atoms with Gasteiger partial charge < -0.3 is 9.32 Å². The van der Waals surface area contributed by atoms with Gasteiger partial charge in [0.05, 0.1) is 29.8 Å². The fourth-order valence-corrected chi connectivity index (χ4v) is 4.39. The number of para-hydroxylation sites is 1. The highest BCUT2D eigenvalue weighted by atomic mass is 16.3. The Kier molecular flexibility index (Phi) is 5.51. The predicted molar refractivity (Wildman–Crippen MR) is 111 cm³/mol. The van der Waals surface area contributed by atoms with Crippen molar-refractivity contribution < 1.29 is 9.21 Å². The predicted octanol–water partition coefficient (Wildman–Crippen LogP) is 4.20. The van der Waals surface area contributed by atoms with Crippen molar-refractivity contribution in [3.63, 3.8) is 0 Å². The third kappa shape index (κ3) is 3.71. The molecule has 0 radical (unpaired) electrons. The smallest absolute Gasteiger partial charge is 0.261 e. The molecule has 0 spiro atoms. The van der Waals surface area contributed by atoms with Crippen molar-refractivity contribution in [1.82, 2.24) is 14.5 Å². The van der Waals surface area contributed by atoms with E-state index in [-0.39, 0.29) is 23.4 Å². The summed E-state index contributed by atoms with van der Waals surface area (Å²) in [6.07, 6.45) is 6.32. The zero-order valence-corrected chi connectivity index (χ0v) is 17.0. The van der Waals surface area contributed by atoms with Crippen molar-refractivity contribution in [1.29, 1.82) is 0 Å². The molecule has 1 aromatic carbocycles. The van der Waals surface area contributed by atoms with Gasteiger partial charge in [-0.05, 0) is 43.5 Å². The van der Waals surface area contributed by atoms with Crippen LogP contribution in [0.15, 0.2) is 51.9 Å². The lowest BCUT2D eigenvalue weighted by atomic mass is 10.0. The molecule has 3 aromatic rings. The maximum atomic E-state index is 13.5. The van der Waals surface area contributed by atoms with Crippen molar-refractivity contribution in [3.05, 3.63) is 64.6 Å². The molecule has 0 bridgehead atoms. The van der Waals surface area contributed by atoms with Crippen molar-refractivity contribution in [2.45, 2.75) is 51.6 Å². The number of hydrogen-bond donors (Lipinski definition) is 0. The van der Waals surface area contributed by atoms with Crippen LogP contribution in [0.5, 0.6) is 0 Å². The highest BCUT2D eigenvalue weighted by Gasteiger charge is 2.34. The van der Waals surface area contributed by atoms with Crippen LogP contribution in [-0.2, 0) is 18.4 Å². The summed E-state index contributed by atoms with van der Waals surface area (Å²) >= 11 is 0. The van der Waals surface area contributed by atoms with E-state index in [1.54, 1.807) is 23.9 Å². The number of nitrogens with zero attached hydrogens (tertiary/aromatic N) is 3. The maximum absolute atomic E-state index is 13.5. The van der Waals surface area contributed by atoms with E-state index in [0.29, 0.717) is 29.7 Å². The summed E-state index contributed by atoms with van der Waals surface area (Å²) in [5.74, 6) is 1.53. The normalized spacial score (nSPS) is 15.7. The van der Waals surface area contributed by atoms with Crippen LogP contribution in [-0.4, -0.2) is 20.4 Å². The van der Waals surface area contributed by atoms with Gasteiger partial charge in [0, 0.05) is 13.0 Å². The average molecular weight is 393 g/mol. The van der Waals surface area contributed by atoms with Crippen molar-refractivity contribution in [2.75, 3.05) is 0 Å². The molecule has 152 valence electrons. The number of benzene rings is 1. The minimum absolute atomic E-state index is 0.0384. The Morgan fingerprint density at radius 2 is 2.00 bits per heavy atom. The van der Waals surface area contributed by atoms with Crippen LogP contribution in [0.4, 0.5) is 0 Å². The summed E-state index contributed by atoms with van der Waals surface area (Å²) in [5.41, 5.74) is 0.575. The molecule has 1 unspecified atom stereocenters. The molecule has 0 saturated heterocycles. The minimum Gasteiger partial charge on any atom is -0.467 e. The van der Waals surface area contributed by atoms with Crippen LogP contribution < -0.4 is 5.56 Å². The Morgan fingerprint density at radius 3 is 2.69 bits per heavy atom. The number of fused-ring (bicyclic) bond motifs is 1. The van der Waals surface area contributed by atoms with E-state index in [0.717, 1.165) is 31.4 Å². The number of rotatable bonds is 6. The molecule has 1 atom stereocenters. The van der Waals surface area contributed by atoms with Crippen molar-refractivity contribution in [2.24, 2.45) is 13.0 Å². The van der Waals surface area contributed by atoms with E-state index in [1.165, 1.54) is 0 Å². The minimum atomic E-state index is -0.296. The Bertz CT molecular complexity index is 1050. The number of furan rings is 1. The van der Waals surface area contributed by atoms with Gasteiger partial charge in [-0.2, -0.15) is 0 Å². The summed E-state index contributed by atoms with van der Waals surface area (Å²) in [4.78, 5) is 33.1. The van der Waals surface area contributed by atoms with Gasteiger partial charge >= 0.3 is 0 Å². The summed E-state index contributed by atoms with van der Waals surface area (Å²) in [7, 11) is 1.74. The Balaban J connectivity index is 1.79. The summed E-state index contributed by atoms with van der Waals surface area (Å²) in [6, 6.07) is 10.8. The number of carbonyl (C=O) groups is 1. The Hall–Kier alpha value is -2.89. The Labute approximate surface area is 170 Å². The quantitative estimate of drug-likeness (QED) is 0.629. The van der Waals surface area contributed by atoms with E-state index in [2.05, 4.69) is 0 Å². The van der Waals surface area contributed by atoms with Gasteiger partial charge in [-0.3, -0.25) is 14.2 Å². The molecule has 0 aliphatic heterocycles. The monoisotopic (exact) mass is 393 g/mol. The number of hydrogen-bond acceptors (Lipinski definition) is 4. The molecule has 6 heteroatoms. The SMILES string of the molecule is CCC(c1nc2ccccc2c(=O)n1C)N(Cc1ccco1)C(=O)C1CCCC1. The molecule has 1 fully saturated rings. The topological polar surface area (TPSA) is 68.3 Å². The first kappa shape index (κ1) is 19.4. The number of aromatic nitrogens is 2. The first-order chi connectivity index (χ1) is 14.1. The van der Waals surface area contributed by atoms with Gasteiger partial charge in [0.2, 0.25) is 5.91 Å². The van der Waals surface area contributed by atoms with Gasteiger partial charge in [0.1, 0.15) is 11.6 Å². The second-order valence-electron chi connectivity index (χ2n) is 7.80. The Morgan fingerprint density at radius 1 is 1.24 bits per heavy atom. The van der Waals surface area contributed by atoms with Gasteiger partial charge in [0.25, 0.3) is 5.56 Å². The van der Waals surface area contributed by atoms with E-state index in [1.807, 2.05) is 42.2 Å². The molecule has 1 amide bonds. The standard InChI is InChI=1S/C23H27N3O3/c1-3-20(21-24-19-13-7-6-12-18(19)23(28)25(21)2)26(15-17-11-8-14-29-17)22(27)16-9-4-5-10-16/h6-8,11-14,16,20H,3-5,9-10,15H2,1-2H3. The van der Waals surface area contributed by atoms with E-state index in [9.17, 15) is 9.59 Å². The summed E-state index contributed by atoms with van der Waals surface area (Å²) in [6.45, 7) is 2.41. The average Bonchev–Trinajstić information content (AvgIpc) is 3.45. The highest BCUT2D eigenvalue weighted by molar-refractivity contribution is 5.80. The molecular formula is C23H27N3O3. The zero-order chi connectivity index (χ0) is 20.4. The molecule has 1 saturated carbocycles. The highest BCUT2D eigenvalue weighted by Crippen LogP contribution is 2.32. The van der Waals surface area contributed by atoms with Gasteiger partial charge in [-0.25, -0.2) is 4.98 Å². The van der Waals surface area contributed by atoms with E-state index < -0.39 is 0 Å². The molecule has 1 aliphatic rings. The fourth-order valence-electron chi connectivity index (χ4n) is 4.39. The fraction of sp³-hybridized carbons (Fsp3) is 0.435. The molecular weight excluding hydrogens is 366 g/mol. The summed E-state index contributed by atoms with van der Waals surface area (Å²) in [5, 5.41) is 0.591. The van der Waals surface area contributed by atoms with Crippen LogP contribution in [0.2, 0.25) is 0 Å². The summed E-state index contributed by atoms with van der Waals surface area (Å²) < 4.78 is 7.14. The van der Waals surface area contributed by atoms with Crippen molar-refractivity contribution in [3.8, 4) is 0 Å². The maximum Gasteiger partial charge on any atom is 0.261 e. The molecule has 2 aromatic heterocycles. The molecule has 1 aliphatic carbocycles. The van der Waals surface area contributed by atoms with Gasteiger partial charge in [0.15, 0.2) is 0 Å². The second-order valence-corrected chi connectivity index (χ2v) is 7.80. The van der Waals surface area contributed by atoms with Gasteiger partial charge in [-0.15, -0.1) is 0 Å². The van der Waals surface area contributed by atoms with Crippen LogP contribution in [0.1, 0.15) is 56.7 Å². The van der Waals surface area contributed by atoms with Crippen LogP contribution in [0.25, 0.3) is 10.9 Å². The van der Waals surface area contributed by atoms with Crippen LogP contribution in [0, 0.1) is 5.92 Å². The molecule has 4 rings (SSSR count). The van der Waals surface area contributed by atoms with E-state index in [4.69, 9.17) is 9.40 Å². The lowest BCUT2D eigenvalue weighted by molar-refractivity contribution is -0.139. The van der Waals surface area contributed by atoms with Crippen molar-refractivity contribution >= 4 is 16.8 Å². The molecule has 6 nitrogen and oxygen atoms in total. The zero-order valence-electron chi connectivity index (χ0n) is 17.0. The molecule has 2 heterocycles. The first-order valence-corrected chi connectivity index (χ1v) is 10.4. The first-order valence-electron chi connectivity index (χ1n) is 10.4. The van der Waals surface area contributed by atoms with Crippen LogP contribution in [0.3, 0.4) is 0 Å². The van der Waals surface area contributed by atoms with Gasteiger partial charge in [-0.1, -0.05) is 31.9 Å². The lowest BCUT2D eigenvalue weighted by Gasteiger charge is -2.33. The lowest BCUT2D eigenvalue weighted by Crippen LogP contribution is -2.40. The molecule has 29 heavy (non-hydrogen) atoms. The van der Waals surface area contributed by atoms with Crippen LogP contribution >= 0.6 is 0 Å². The third-order valence-corrected chi connectivity index (χ3v) is 5.97. The van der Waals surface area contributed by atoms with E-state index >= 15 is 0 Å². The largest absolute Gasteiger partial charge is 0.467 e.